The van der Waals surface area contributed by atoms with Gasteiger partial charge in [0.25, 0.3) is 0 Å². The molecule has 2 aromatic heterocycles. The van der Waals surface area contributed by atoms with Gasteiger partial charge in [0.1, 0.15) is 17.6 Å². The van der Waals surface area contributed by atoms with Crippen LogP contribution in [0.3, 0.4) is 0 Å². The van der Waals surface area contributed by atoms with Crippen molar-refractivity contribution in [2.75, 3.05) is 42.8 Å². The van der Waals surface area contributed by atoms with Gasteiger partial charge in [0.15, 0.2) is 0 Å². The van der Waals surface area contributed by atoms with Gasteiger partial charge < -0.3 is 20.3 Å². The number of anilines is 3. The molecule has 8 heteroatoms. The van der Waals surface area contributed by atoms with E-state index in [2.05, 4.69) is 60.8 Å². The number of aromatic nitrogens is 3. The molecule has 0 aliphatic carbocycles. The molecule has 0 radical (unpaired) electrons. The van der Waals surface area contributed by atoms with Gasteiger partial charge in [-0.1, -0.05) is 6.07 Å². The van der Waals surface area contributed by atoms with Crippen LogP contribution in [0, 0.1) is 11.3 Å². The number of fused-ring (bicyclic) bond motifs is 1. The van der Waals surface area contributed by atoms with E-state index >= 15 is 0 Å². The molecular formula is C27H27N7O. The molecule has 8 nitrogen and oxygen atoms in total. The van der Waals surface area contributed by atoms with Crippen molar-refractivity contribution in [3.8, 4) is 23.1 Å². The lowest BCUT2D eigenvalue weighted by Crippen LogP contribution is -2.39. The molecule has 2 N–H and O–H groups in total. The summed E-state index contributed by atoms with van der Waals surface area (Å²) in [6.07, 6.45) is 5.37. The van der Waals surface area contributed by atoms with Gasteiger partial charge in [-0.05, 0) is 60.7 Å². The molecule has 0 saturated carbocycles. The zero-order valence-corrected chi connectivity index (χ0v) is 19.8. The third-order valence-corrected chi connectivity index (χ3v) is 6.39. The van der Waals surface area contributed by atoms with E-state index in [-0.39, 0.29) is 0 Å². The van der Waals surface area contributed by atoms with Crippen molar-refractivity contribution in [2.24, 2.45) is 0 Å². The van der Waals surface area contributed by atoms with Gasteiger partial charge in [0.05, 0.1) is 18.4 Å². The number of nitrogens with one attached hydrogen (secondary N) is 2. The molecule has 1 saturated heterocycles. The molecule has 1 aliphatic rings. The molecule has 2 aromatic carbocycles. The Balaban J connectivity index is 1.41. The van der Waals surface area contributed by atoms with Crippen molar-refractivity contribution in [1.29, 1.82) is 5.26 Å². The summed E-state index contributed by atoms with van der Waals surface area (Å²) in [6.45, 7) is 1.80. The predicted molar refractivity (Wildman–Crippen MR) is 139 cm³/mol. The number of nitrogens with zero attached hydrogens (tertiary/aromatic N) is 5. The first kappa shape index (κ1) is 22.4. The maximum Gasteiger partial charge on any atom is 0.222 e. The smallest absolute Gasteiger partial charge is 0.222 e. The third-order valence-electron chi connectivity index (χ3n) is 6.39. The first-order chi connectivity index (χ1) is 17.2. The Bertz CT molecular complexity index is 1370. The van der Waals surface area contributed by atoms with Crippen LogP contribution in [0.2, 0.25) is 0 Å². The van der Waals surface area contributed by atoms with E-state index in [1.165, 1.54) is 0 Å². The lowest BCUT2D eigenvalue weighted by Gasteiger charge is -2.34. The van der Waals surface area contributed by atoms with Crippen LogP contribution in [0.1, 0.15) is 18.4 Å². The normalized spacial score (nSPS) is 13.9. The van der Waals surface area contributed by atoms with Gasteiger partial charge in [-0.3, -0.25) is 0 Å². The number of pyridine rings is 1. The van der Waals surface area contributed by atoms with Gasteiger partial charge in [-0.25, -0.2) is 15.0 Å². The monoisotopic (exact) mass is 465 g/mol. The maximum atomic E-state index is 9.01. The maximum absolute atomic E-state index is 9.01. The predicted octanol–water partition coefficient (Wildman–Crippen LogP) is 4.69. The first-order valence-corrected chi connectivity index (χ1v) is 11.7. The highest BCUT2D eigenvalue weighted by atomic mass is 16.5. The van der Waals surface area contributed by atoms with E-state index in [4.69, 9.17) is 10.00 Å². The summed E-state index contributed by atoms with van der Waals surface area (Å²) in [5.74, 6) is 2.34. The highest BCUT2D eigenvalue weighted by Gasteiger charge is 2.21. The summed E-state index contributed by atoms with van der Waals surface area (Å²) in [5.41, 5.74) is 3.55. The molecule has 1 aliphatic heterocycles. The minimum atomic E-state index is 0.326. The average Bonchev–Trinajstić information content (AvgIpc) is 2.93. The Labute approximate surface area is 204 Å². The number of methoxy groups -OCH3 is 1. The fourth-order valence-corrected chi connectivity index (χ4v) is 4.48. The summed E-state index contributed by atoms with van der Waals surface area (Å²) in [5, 5.41) is 18.1. The van der Waals surface area contributed by atoms with Gasteiger partial charge in [-0.2, -0.15) is 5.26 Å². The minimum absolute atomic E-state index is 0.326. The Morgan fingerprint density at radius 1 is 1.06 bits per heavy atom. The van der Waals surface area contributed by atoms with Crippen LogP contribution >= 0.6 is 0 Å². The quantitative estimate of drug-likeness (QED) is 0.423. The fourth-order valence-electron chi connectivity index (χ4n) is 4.48. The van der Waals surface area contributed by atoms with Crippen molar-refractivity contribution >= 4 is 28.2 Å². The standard InChI is InChI=1S/C27H27N7O/c1-29-27-30-10-7-24(33-27)20-13-19-4-5-22(35-2)15-23(19)25(14-20)32-21-8-11-34(12-9-21)26-6-3-18(16-28)17-31-26/h3-7,10,13-15,17,21,32H,8-9,11-12H2,1-2H3,(H,29,30,33). The van der Waals surface area contributed by atoms with Crippen LogP contribution < -0.4 is 20.3 Å². The molecule has 0 unspecified atom stereocenters. The molecule has 5 rings (SSSR count). The topological polar surface area (TPSA) is 99.0 Å². The number of rotatable bonds is 6. The lowest BCUT2D eigenvalue weighted by molar-refractivity contribution is 0.415. The number of nitriles is 1. The zero-order chi connectivity index (χ0) is 24.2. The van der Waals surface area contributed by atoms with E-state index in [0.717, 1.165) is 65.2 Å². The number of ether oxygens (including phenoxy) is 1. The average molecular weight is 466 g/mol. The van der Waals surface area contributed by atoms with Crippen molar-refractivity contribution in [3.63, 3.8) is 0 Å². The first-order valence-electron chi connectivity index (χ1n) is 11.7. The summed E-state index contributed by atoms with van der Waals surface area (Å²) in [7, 11) is 3.51. The molecule has 0 amide bonds. The lowest BCUT2D eigenvalue weighted by atomic mass is 9.99. The van der Waals surface area contributed by atoms with E-state index in [1.807, 2.05) is 31.3 Å². The molecule has 4 aromatic rings. The van der Waals surface area contributed by atoms with Crippen molar-refractivity contribution in [2.45, 2.75) is 18.9 Å². The SMILES string of the molecule is CNc1nccc(-c2cc(NC3CCN(c4ccc(C#N)cn4)CC3)c3cc(OC)ccc3c2)n1. The molecule has 0 atom stereocenters. The van der Waals surface area contributed by atoms with E-state index in [0.29, 0.717) is 17.6 Å². The fraction of sp³-hybridized carbons (Fsp3) is 0.259. The van der Waals surface area contributed by atoms with Crippen molar-refractivity contribution < 1.29 is 4.74 Å². The van der Waals surface area contributed by atoms with E-state index < -0.39 is 0 Å². The summed E-state index contributed by atoms with van der Waals surface area (Å²) in [6, 6.07) is 18.6. The van der Waals surface area contributed by atoms with Crippen LogP contribution in [0.15, 0.2) is 60.9 Å². The Kier molecular flexibility index (Phi) is 6.31. The Morgan fingerprint density at radius 2 is 1.91 bits per heavy atom. The van der Waals surface area contributed by atoms with Crippen LogP contribution in [0.4, 0.5) is 17.5 Å². The zero-order valence-electron chi connectivity index (χ0n) is 19.8. The second-order valence-corrected chi connectivity index (χ2v) is 8.55. The molecular weight excluding hydrogens is 438 g/mol. The second kappa shape index (κ2) is 9.85. The van der Waals surface area contributed by atoms with Crippen LogP contribution in [0.5, 0.6) is 5.75 Å². The Morgan fingerprint density at radius 3 is 2.63 bits per heavy atom. The highest BCUT2D eigenvalue weighted by molar-refractivity contribution is 5.98. The molecule has 3 heterocycles. The Hall–Kier alpha value is -4.38. The highest BCUT2D eigenvalue weighted by Crippen LogP contribution is 2.34. The van der Waals surface area contributed by atoms with Crippen LogP contribution in [-0.2, 0) is 0 Å². The molecule has 176 valence electrons. The van der Waals surface area contributed by atoms with Gasteiger partial charge in [0.2, 0.25) is 5.95 Å². The molecule has 35 heavy (non-hydrogen) atoms. The van der Waals surface area contributed by atoms with Crippen LogP contribution in [-0.4, -0.2) is 48.2 Å². The number of benzene rings is 2. The number of piperidine rings is 1. The largest absolute Gasteiger partial charge is 0.497 e. The van der Waals surface area contributed by atoms with E-state index in [1.54, 1.807) is 19.5 Å². The third kappa shape index (κ3) is 4.80. The molecule has 0 bridgehead atoms. The van der Waals surface area contributed by atoms with Crippen molar-refractivity contribution in [1.82, 2.24) is 15.0 Å². The summed E-state index contributed by atoms with van der Waals surface area (Å²) in [4.78, 5) is 15.6. The van der Waals surface area contributed by atoms with Crippen molar-refractivity contribution in [3.05, 3.63) is 66.5 Å². The molecule has 0 spiro atoms. The van der Waals surface area contributed by atoms with Crippen LogP contribution in [0.25, 0.3) is 22.0 Å². The summed E-state index contributed by atoms with van der Waals surface area (Å²) >= 11 is 0. The van der Waals surface area contributed by atoms with Gasteiger partial charge >= 0.3 is 0 Å². The number of hydrogen-bond donors (Lipinski definition) is 2. The van der Waals surface area contributed by atoms with Gasteiger partial charge in [0, 0.05) is 55.2 Å². The second-order valence-electron chi connectivity index (χ2n) is 8.55. The van der Waals surface area contributed by atoms with E-state index in [9.17, 15) is 0 Å². The molecule has 1 fully saturated rings. The summed E-state index contributed by atoms with van der Waals surface area (Å²) < 4.78 is 5.50. The minimum Gasteiger partial charge on any atom is -0.497 e. The number of hydrogen-bond acceptors (Lipinski definition) is 8. The van der Waals surface area contributed by atoms with Gasteiger partial charge in [-0.15, -0.1) is 0 Å².